The minimum Gasteiger partial charge on any atom is -0.418 e. The average molecular weight is 393 g/mol. The van der Waals surface area contributed by atoms with E-state index >= 15 is 0 Å². The molecule has 2 aromatic heterocycles. The fourth-order valence-corrected chi connectivity index (χ4v) is 2.87. The van der Waals surface area contributed by atoms with Gasteiger partial charge in [0, 0.05) is 12.1 Å². The van der Waals surface area contributed by atoms with Gasteiger partial charge in [-0.1, -0.05) is 28.4 Å². The smallest absolute Gasteiger partial charge is 0.247 e. The molecule has 1 aliphatic carbocycles. The molecule has 9 heteroatoms. The Morgan fingerprint density at radius 1 is 1.23 bits per heavy atom. The molecule has 0 radical (unpaired) electrons. The molecule has 4 rings (SSSR count). The zero-order valence-electron chi connectivity index (χ0n) is 14.2. The molecule has 0 spiro atoms. The Morgan fingerprint density at radius 2 is 2.08 bits per heavy atom. The molecule has 2 heterocycles. The van der Waals surface area contributed by atoms with Crippen LogP contribution in [0, 0.1) is 5.92 Å². The van der Waals surface area contributed by atoms with Gasteiger partial charge in [-0.2, -0.15) is 0 Å². The van der Waals surface area contributed by atoms with E-state index in [4.69, 9.17) is 27.6 Å². The van der Waals surface area contributed by atoms with Gasteiger partial charge in [0.15, 0.2) is 0 Å². The topological polar surface area (TPSA) is 81.7 Å². The summed E-state index contributed by atoms with van der Waals surface area (Å²) in [4.78, 5) is 0. The number of nitrogens with zero attached hydrogens (tertiary/aromatic N) is 5. The number of hydrogen-bond acceptors (Lipinski definition) is 6. The highest BCUT2D eigenvalue weighted by Gasteiger charge is 2.21. The van der Waals surface area contributed by atoms with Crippen molar-refractivity contribution in [1.82, 2.24) is 30.5 Å². The maximum Gasteiger partial charge on any atom is 0.247 e. The van der Waals surface area contributed by atoms with Gasteiger partial charge in [0.2, 0.25) is 11.8 Å². The third kappa shape index (κ3) is 3.90. The molecule has 0 amide bonds. The molecule has 7 nitrogen and oxygen atoms in total. The fraction of sp³-hybridized carbons (Fsp3) is 0.412. The molecule has 136 valence electrons. The molecule has 26 heavy (non-hydrogen) atoms. The SMILES string of the molecule is CC(c1nnc(-c2ccc(Cl)c(Cl)c2)o1)n1cc(CNCC2CC2)nn1. The third-order valence-electron chi connectivity index (χ3n) is 4.36. The molecule has 3 aromatic rings. The Morgan fingerprint density at radius 3 is 2.85 bits per heavy atom. The molecule has 0 aliphatic heterocycles. The van der Waals surface area contributed by atoms with Crippen molar-refractivity contribution in [3.05, 3.63) is 46.0 Å². The molecule has 0 saturated heterocycles. The molecular formula is C17H18Cl2N6O. The number of hydrogen-bond donors (Lipinski definition) is 1. The van der Waals surface area contributed by atoms with Crippen molar-refractivity contribution >= 4 is 23.2 Å². The molecular weight excluding hydrogens is 375 g/mol. The number of rotatable bonds is 7. The lowest BCUT2D eigenvalue weighted by molar-refractivity contribution is 0.410. The summed E-state index contributed by atoms with van der Waals surface area (Å²) in [5.74, 6) is 1.67. The predicted octanol–water partition coefficient (Wildman–Crippen LogP) is 3.74. The van der Waals surface area contributed by atoms with Crippen LogP contribution in [0.4, 0.5) is 0 Å². The maximum absolute atomic E-state index is 6.05. The van der Waals surface area contributed by atoms with Crippen LogP contribution in [-0.2, 0) is 6.54 Å². The Labute approximate surface area is 160 Å². The van der Waals surface area contributed by atoms with Crippen LogP contribution in [-0.4, -0.2) is 31.7 Å². The van der Waals surface area contributed by atoms with Gasteiger partial charge < -0.3 is 9.73 Å². The van der Waals surface area contributed by atoms with Crippen molar-refractivity contribution in [1.29, 1.82) is 0 Å². The normalized spacial score (nSPS) is 15.3. The van der Waals surface area contributed by atoms with E-state index in [1.54, 1.807) is 22.9 Å². The summed E-state index contributed by atoms with van der Waals surface area (Å²) in [5.41, 5.74) is 1.61. The monoisotopic (exact) mass is 392 g/mol. The molecule has 1 saturated carbocycles. The van der Waals surface area contributed by atoms with Gasteiger partial charge in [-0.05, 0) is 50.4 Å². The summed E-state index contributed by atoms with van der Waals surface area (Å²) < 4.78 is 7.51. The Kier molecular flexibility index (Phi) is 4.93. The second-order valence-corrected chi connectivity index (χ2v) is 7.33. The zero-order valence-corrected chi connectivity index (χ0v) is 15.7. The lowest BCUT2D eigenvalue weighted by atomic mass is 10.2. The van der Waals surface area contributed by atoms with Crippen molar-refractivity contribution in [2.75, 3.05) is 6.54 Å². The zero-order chi connectivity index (χ0) is 18.1. The van der Waals surface area contributed by atoms with Crippen LogP contribution in [0.2, 0.25) is 10.0 Å². The number of halogens is 2. The van der Waals surface area contributed by atoms with E-state index < -0.39 is 0 Å². The summed E-state index contributed by atoms with van der Waals surface area (Å²) in [6, 6.07) is 4.97. The van der Waals surface area contributed by atoms with Gasteiger partial charge in [-0.3, -0.25) is 0 Å². The van der Waals surface area contributed by atoms with Crippen LogP contribution in [0.3, 0.4) is 0 Å². The first-order valence-electron chi connectivity index (χ1n) is 8.50. The van der Waals surface area contributed by atoms with Crippen LogP contribution < -0.4 is 5.32 Å². The summed E-state index contributed by atoms with van der Waals surface area (Å²) in [7, 11) is 0. The fourth-order valence-electron chi connectivity index (χ4n) is 2.57. The lowest BCUT2D eigenvalue weighted by Gasteiger charge is -2.05. The van der Waals surface area contributed by atoms with Crippen molar-refractivity contribution in [3.63, 3.8) is 0 Å². The van der Waals surface area contributed by atoms with Crippen LogP contribution in [0.1, 0.15) is 37.4 Å². The van der Waals surface area contributed by atoms with E-state index in [-0.39, 0.29) is 6.04 Å². The molecule has 1 fully saturated rings. The van der Waals surface area contributed by atoms with Crippen molar-refractivity contribution < 1.29 is 4.42 Å². The van der Waals surface area contributed by atoms with E-state index in [9.17, 15) is 0 Å². The highest BCUT2D eigenvalue weighted by Crippen LogP contribution is 2.29. The van der Waals surface area contributed by atoms with E-state index in [0.717, 1.165) is 18.2 Å². The van der Waals surface area contributed by atoms with Gasteiger partial charge in [0.25, 0.3) is 0 Å². The van der Waals surface area contributed by atoms with Crippen molar-refractivity contribution in [2.45, 2.75) is 32.4 Å². The molecule has 1 atom stereocenters. The standard InChI is InChI=1S/C17H18Cl2N6O/c1-10(25-9-13(21-24-25)8-20-7-11-2-3-11)16-22-23-17(26-16)12-4-5-14(18)15(19)6-12/h4-6,9-11,20H,2-3,7-8H2,1H3. The first-order chi connectivity index (χ1) is 12.6. The number of benzene rings is 1. The Hall–Kier alpha value is -1.96. The van der Waals surface area contributed by atoms with Gasteiger partial charge in [0.1, 0.15) is 6.04 Å². The lowest BCUT2D eigenvalue weighted by Crippen LogP contribution is -2.16. The van der Waals surface area contributed by atoms with Gasteiger partial charge >= 0.3 is 0 Å². The summed E-state index contributed by atoms with van der Waals surface area (Å²) in [5, 5.41) is 20.9. The highest BCUT2D eigenvalue weighted by atomic mass is 35.5. The quantitative estimate of drug-likeness (QED) is 0.659. The largest absolute Gasteiger partial charge is 0.418 e. The molecule has 1 unspecified atom stereocenters. The second-order valence-electron chi connectivity index (χ2n) is 6.51. The number of aromatic nitrogens is 5. The first-order valence-corrected chi connectivity index (χ1v) is 9.26. The van der Waals surface area contributed by atoms with E-state index in [2.05, 4.69) is 25.8 Å². The maximum atomic E-state index is 6.05. The highest BCUT2D eigenvalue weighted by molar-refractivity contribution is 6.42. The minimum atomic E-state index is -0.219. The van der Waals surface area contributed by atoms with E-state index in [1.165, 1.54) is 12.8 Å². The van der Waals surface area contributed by atoms with Gasteiger partial charge in [-0.15, -0.1) is 15.3 Å². The Bertz CT molecular complexity index is 904. The molecule has 1 N–H and O–H groups in total. The molecule has 1 aromatic carbocycles. The van der Waals surface area contributed by atoms with Crippen LogP contribution in [0.25, 0.3) is 11.5 Å². The summed E-state index contributed by atoms with van der Waals surface area (Å²) in [6.45, 7) is 3.68. The van der Waals surface area contributed by atoms with E-state index in [0.29, 0.717) is 33.9 Å². The Balaban J connectivity index is 1.44. The molecule has 1 aliphatic rings. The third-order valence-corrected chi connectivity index (χ3v) is 5.09. The summed E-state index contributed by atoms with van der Waals surface area (Å²) >= 11 is 12.0. The van der Waals surface area contributed by atoms with Gasteiger partial charge in [0.05, 0.1) is 21.9 Å². The van der Waals surface area contributed by atoms with Crippen LogP contribution in [0.5, 0.6) is 0 Å². The van der Waals surface area contributed by atoms with Crippen LogP contribution >= 0.6 is 23.2 Å². The van der Waals surface area contributed by atoms with Gasteiger partial charge in [-0.25, -0.2) is 4.68 Å². The predicted molar refractivity (Wildman–Crippen MR) is 98.0 cm³/mol. The van der Waals surface area contributed by atoms with Crippen molar-refractivity contribution in [3.8, 4) is 11.5 Å². The van der Waals surface area contributed by atoms with E-state index in [1.807, 2.05) is 13.1 Å². The number of nitrogens with one attached hydrogen (secondary N) is 1. The van der Waals surface area contributed by atoms with Crippen LogP contribution in [0.15, 0.2) is 28.8 Å². The summed E-state index contributed by atoms with van der Waals surface area (Å²) in [6.07, 6.45) is 4.55. The van der Waals surface area contributed by atoms with Crippen molar-refractivity contribution in [2.24, 2.45) is 5.92 Å². The first kappa shape index (κ1) is 17.5. The minimum absolute atomic E-state index is 0.219. The second kappa shape index (κ2) is 7.34. The molecule has 0 bridgehead atoms. The average Bonchev–Trinajstić information content (AvgIpc) is 3.13.